The van der Waals surface area contributed by atoms with Gasteiger partial charge in [0.25, 0.3) is 0 Å². The van der Waals surface area contributed by atoms with E-state index < -0.39 is 0 Å². The van der Waals surface area contributed by atoms with Crippen LogP contribution in [-0.2, 0) is 9.54 Å². The monoisotopic (exact) mass is 362 g/mol. The summed E-state index contributed by atoms with van der Waals surface area (Å²) >= 11 is 2.39. The van der Waals surface area contributed by atoms with Crippen LogP contribution in [-0.4, -0.2) is 26.5 Å². The molecule has 0 saturated carbocycles. The first kappa shape index (κ1) is 14.9. The van der Waals surface area contributed by atoms with Crippen LogP contribution in [0.5, 0.6) is 0 Å². The first-order valence-electron chi connectivity index (χ1n) is 7.12. The summed E-state index contributed by atoms with van der Waals surface area (Å²) in [6, 6.07) is 15.2. The number of aldehydes is 1. The third-order valence-corrected chi connectivity index (χ3v) is 8.19. The van der Waals surface area contributed by atoms with E-state index in [1.54, 1.807) is 0 Å². The van der Waals surface area contributed by atoms with E-state index >= 15 is 0 Å². The first-order chi connectivity index (χ1) is 10.3. The zero-order chi connectivity index (χ0) is 14.7. The molecule has 1 aliphatic rings. The maximum atomic E-state index is 11.2. The molecule has 0 aliphatic carbocycles. The quantitative estimate of drug-likeness (QED) is 0.467. The summed E-state index contributed by atoms with van der Waals surface area (Å²) in [6.07, 6.45) is 3.99. The fraction of sp³-hybridized carbons (Fsp3) is 0.278. The number of thioether (sulfide) groups is 1. The second kappa shape index (κ2) is 6.39. The van der Waals surface area contributed by atoms with Gasteiger partial charge in [0.2, 0.25) is 0 Å². The number of allylic oxidation sites excluding steroid dienone is 1. The van der Waals surface area contributed by atoms with Crippen LogP contribution in [0.15, 0.2) is 59.1 Å². The third kappa shape index (κ3) is 2.70. The van der Waals surface area contributed by atoms with Gasteiger partial charge in [0, 0.05) is 0 Å². The van der Waals surface area contributed by atoms with Gasteiger partial charge in [-0.25, -0.2) is 0 Å². The maximum absolute atomic E-state index is 11.2. The predicted octanol–water partition coefficient (Wildman–Crippen LogP) is 3.89. The Labute approximate surface area is 136 Å². The van der Waals surface area contributed by atoms with Crippen molar-refractivity contribution in [3.8, 4) is 0 Å². The van der Waals surface area contributed by atoms with E-state index in [-0.39, 0.29) is 10.7 Å². The zero-order valence-electron chi connectivity index (χ0n) is 12.0. The topological polar surface area (TPSA) is 17.1 Å². The summed E-state index contributed by atoms with van der Waals surface area (Å²) in [5.41, 5.74) is 2.72. The van der Waals surface area contributed by atoms with Crippen molar-refractivity contribution in [1.82, 2.24) is 0 Å². The normalized spacial score (nSPS) is 25.4. The van der Waals surface area contributed by atoms with E-state index in [9.17, 15) is 4.79 Å². The van der Waals surface area contributed by atoms with E-state index in [1.807, 2.05) is 11.8 Å². The van der Waals surface area contributed by atoms with Gasteiger partial charge in [0.05, 0.1) is 0 Å². The van der Waals surface area contributed by atoms with Crippen LogP contribution < -0.4 is 0 Å². The summed E-state index contributed by atoms with van der Waals surface area (Å²) in [4.78, 5) is 13.5. The molecule has 0 N–H and O–H groups in total. The Bertz CT molecular complexity index is 633. The van der Waals surface area contributed by atoms with Crippen LogP contribution in [0.4, 0.5) is 0 Å². The molecule has 1 nitrogen and oxygen atoms in total. The van der Waals surface area contributed by atoms with Gasteiger partial charge in [0.1, 0.15) is 0 Å². The summed E-state index contributed by atoms with van der Waals surface area (Å²) in [5.74, 6) is 1.29. The van der Waals surface area contributed by atoms with Gasteiger partial charge in [-0.1, -0.05) is 0 Å². The van der Waals surface area contributed by atoms with Crippen molar-refractivity contribution >= 4 is 32.6 Å². The second-order valence-corrected chi connectivity index (χ2v) is 8.60. The van der Waals surface area contributed by atoms with E-state index in [0.29, 0.717) is 20.9 Å². The number of carbonyl (C=O) groups is 1. The molecule has 0 saturated heterocycles. The molecule has 1 aromatic heterocycles. The molecular formula is C18H18OSSe. The molecular weight excluding hydrogens is 343 g/mol. The Morgan fingerprint density at radius 1 is 1.29 bits per heavy atom. The molecule has 2 aromatic rings. The molecule has 3 rings (SSSR count). The number of rotatable bonds is 4. The molecule has 0 bridgehead atoms. The fourth-order valence-electron chi connectivity index (χ4n) is 3.05. The van der Waals surface area contributed by atoms with Crippen molar-refractivity contribution < 1.29 is 4.79 Å². The molecule has 1 aromatic carbocycles. The van der Waals surface area contributed by atoms with Crippen molar-refractivity contribution in [1.29, 1.82) is 0 Å². The average Bonchev–Trinajstić information content (AvgIpc) is 3.04. The van der Waals surface area contributed by atoms with Crippen molar-refractivity contribution in [3.05, 3.63) is 69.1 Å². The average molecular weight is 361 g/mol. The zero-order valence-corrected chi connectivity index (χ0v) is 14.5. The van der Waals surface area contributed by atoms with Gasteiger partial charge in [-0.15, -0.1) is 0 Å². The van der Waals surface area contributed by atoms with Crippen molar-refractivity contribution in [2.75, 3.05) is 5.75 Å². The van der Waals surface area contributed by atoms with Crippen molar-refractivity contribution in [3.63, 3.8) is 0 Å². The summed E-state index contributed by atoms with van der Waals surface area (Å²) in [6.45, 7) is 2.17. The summed E-state index contributed by atoms with van der Waals surface area (Å²) in [5, 5.41) is 0. The van der Waals surface area contributed by atoms with Gasteiger partial charge in [-0.05, 0) is 0 Å². The molecule has 2 heterocycles. The Morgan fingerprint density at radius 2 is 2.10 bits per heavy atom. The number of hydrogen-bond donors (Lipinski definition) is 0. The van der Waals surface area contributed by atoms with Crippen LogP contribution in [0.1, 0.15) is 23.3 Å². The third-order valence-electron chi connectivity index (χ3n) is 3.98. The fourth-order valence-corrected chi connectivity index (χ4v) is 7.01. The number of hydrogen-bond acceptors (Lipinski definition) is 2. The van der Waals surface area contributed by atoms with Gasteiger partial charge in [-0.3, -0.25) is 0 Å². The van der Waals surface area contributed by atoms with Gasteiger partial charge < -0.3 is 0 Å². The molecule has 21 heavy (non-hydrogen) atoms. The molecule has 3 heteroatoms. The molecule has 108 valence electrons. The van der Waals surface area contributed by atoms with Crippen LogP contribution in [0.3, 0.4) is 0 Å². The van der Waals surface area contributed by atoms with E-state index in [0.717, 1.165) is 12.0 Å². The second-order valence-electron chi connectivity index (χ2n) is 5.39. The Morgan fingerprint density at radius 3 is 2.76 bits per heavy atom. The minimum atomic E-state index is -0.0643. The van der Waals surface area contributed by atoms with E-state index in [4.69, 9.17) is 0 Å². The molecule has 0 unspecified atom stereocenters. The van der Waals surface area contributed by atoms with Crippen LogP contribution >= 0.6 is 11.8 Å². The number of benzene rings is 1. The van der Waals surface area contributed by atoms with Gasteiger partial charge >= 0.3 is 136 Å². The minimum absolute atomic E-state index is 0.0643. The summed E-state index contributed by atoms with van der Waals surface area (Å²) in [7, 11) is 0. The van der Waals surface area contributed by atoms with E-state index in [1.165, 1.54) is 15.6 Å². The number of carbonyl (C=O) groups excluding carboxylic acids is 1. The molecule has 1 aliphatic heterocycles. The standard InChI is InChI=1S/C18H18OSSe/c1-14-12-16(9-10-19)18(20-13-14,17-8-5-11-21-17)15-6-3-2-4-7-15/h2-8,10-12,16H,9,13H2,1H3/t16-,18-/m0/s1. The van der Waals surface area contributed by atoms with Crippen LogP contribution in [0.25, 0.3) is 0 Å². The molecule has 0 radical (unpaired) electrons. The predicted molar refractivity (Wildman–Crippen MR) is 91.0 cm³/mol. The van der Waals surface area contributed by atoms with Crippen LogP contribution in [0, 0.1) is 5.92 Å². The SMILES string of the molecule is CC1=C[C@H](CC=O)[C@@](c2ccccc2)(c2ccc[se]2)SC1. The first-order valence-corrected chi connectivity index (χ1v) is 9.95. The molecule has 2 atom stereocenters. The Kier molecular flexibility index (Phi) is 4.54. The van der Waals surface area contributed by atoms with Gasteiger partial charge in [-0.2, -0.15) is 0 Å². The molecule has 0 fully saturated rings. The molecule has 0 amide bonds. The van der Waals surface area contributed by atoms with Crippen molar-refractivity contribution in [2.45, 2.75) is 18.1 Å². The van der Waals surface area contributed by atoms with Crippen LogP contribution in [0.2, 0.25) is 0 Å². The Hall–Kier alpha value is -1.02. The summed E-state index contributed by atoms with van der Waals surface area (Å²) < 4.78 is 1.42. The van der Waals surface area contributed by atoms with E-state index in [2.05, 4.69) is 60.4 Å². The van der Waals surface area contributed by atoms with Crippen molar-refractivity contribution in [2.24, 2.45) is 5.92 Å². The Balaban J connectivity index is 2.19. The molecule has 0 spiro atoms. The van der Waals surface area contributed by atoms with Gasteiger partial charge in [0.15, 0.2) is 0 Å².